The molecule has 3 aromatic rings. The van der Waals surface area contributed by atoms with Crippen LogP contribution in [0.5, 0.6) is 11.5 Å². The molecule has 6 nitrogen and oxygen atoms in total. The minimum Gasteiger partial charge on any atom is -0.493 e. The van der Waals surface area contributed by atoms with Gasteiger partial charge in [0.15, 0.2) is 23.0 Å². The fourth-order valence-electron chi connectivity index (χ4n) is 2.24. The van der Waals surface area contributed by atoms with Crippen LogP contribution in [0.2, 0.25) is 5.02 Å². The summed E-state index contributed by atoms with van der Waals surface area (Å²) < 4.78 is 15.7. The van der Waals surface area contributed by atoms with E-state index in [9.17, 15) is 4.79 Å². The molecule has 0 saturated heterocycles. The first-order valence-corrected chi connectivity index (χ1v) is 7.74. The summed E-state index contributed by atoms with van der Waals surface area (Å²) in [6.07, 6.45) is 0. The van der Waals surface area contributed by atoms with Crippen molar-refractivity contribution in [2.24, 2.45) is 0 Å². The average molecular weight is 359 g/mol. The lowest BCUT2D eigenvalue weighted by Crippen LogP contribution is -2.11. The van der Waals surface area contributed by atoms with Crippen molar-refractivity contribution >= 4 is 23.2 Å². The Labute approximate surface area is 149 Å². The minimum atomic E-state index is -0.377. The first-order chi connectivity index (χ1) is 12.1. The van der Waals surface area contributed by atoms with Gasteiger partial charge in [-0.3, -0.25) is 4.79 Å². The number of rotatable bonds is 5. The second kappa shape index (κ2) is 7.27. The molecule has 1 amide bonds. The van der Waals surface area contributed by atoms with Gasteiger partial charge in [0.25, 0.3) is 5.91 Å². The molecule has 7 heteroatoms. The maximum Gasteiger partial charge on any atom is 0.277 e. The molecule has 0 saturated carbocycles. The van der Waals surface area contributed by atoms with Crippen LogP contribution in [0.15, 0.2) is 53.1 Å². The van der Waals surface area contributed by atoms with Crippen LogP contribution in [-0.4, -0.2) is 25.3 Å². The van der Waals surface area contributed by atoms with Gasteiger partial charge in [-0.1, -0.05) is 16.8 Å². The lowest BCUT2D eigenvalue weighted by atomic mass is 10.1. The van der Waals surface area contributed by atoms with E-state index in [1.54, 1.807) is 62.8 Å². The van der Waals surface area contributed by atoms with E-state index in [2.05, 4.69) is 10.5 Å². The zero-order valence-electron chi connectivity index (χ0n) is 13.6. The Morgan fingerprint density at radius 3 is 2.44 bits per heavy atom. The lowest BCUT2D eigenvalue weighted by molar-refractivity contribution is 0.101. The lowest BCUT2D eigenvalue weighted by Gasteiger charge is -2.07. The molecule has 0 fully saturated rings. The number of ether oxygens (including phenoxy) is 2. The molecule has 0 bridgehead atoms. The predicted molar refractivity (Wildman–Crippen MR) is 94.4 cm³/mol. The van der Waals surface area contributed by atoms with E-state index in [0.29, 0.717) is 28.0 Å². The molecule has 128 valence electrons. The van der Waals surface area contributed by atoms with Crippen molar-refractivity contribution in [1.82, 2.24) is 5.16 Å². The standard InChI is InChI=1S/C18H15ClN2O4/c1-23-15-8-3-11(9-17(15)24-2)16-10-14(21-25-16)18(22)20-13-6-4-12(19)5-7-13/h3-10H,1-2H3,(H,20,22). The highest BCUT2D eigenvalue weighted by molar-refractivity contribution is 6.30. The van der Waals surface area contributed by atoms with Crippen molar-refractivity contribution < 1.29 is 18.8 Å². The Hall–Kier alpha value is -2.99. The van der Waals surface area contributed by atoms with E-state index >= 15 is 0 Å². The van der Waals surface area contributed by atoms with Gasteiger partial charge in [0.05, 0.1) is 14.2 Å². The van der Waals surface area contributed by atoms with Gasteiger partial charge in [-0.15, -0.1) is 0 Å². The molecular weight excluding hydrogens is 344 g/mol. The minimum absolute atomic E-state index is 0.166. The smallest absolute Gasteiger partial charge is 0.277 e. The Kier molecular flexibility index (Phi) is 4.90. The highest BCUT2D eigenvalue weighted by Gasteiger charge is 2.15. The number of hydrogen-bond acceptors (Lipinski definition) is 5. The molecule has 2 aromatic carbocycles. The highest BCUT2D eigenvalue weighted by Crippen LogP contribution is 2.32. The van der Waals surface area contributed by atoms with Crippen LogP contribution in [0, 0.1) is 0 Å². The van der Waals surface area contributed by atoms with Crippen LogP contribution < -0.4 is 14.8 Å². The third-order valence-electron chi connectivity index (χ3n) is 3.51. The predicted octanol–water partition coefficient (Wildman–Crippen LogP) is 4.26. The van der Waals surface area contributed by atoms with Crippen molar-refractivity contribution in [1.29, 1.82) is 0 Å². The topological polar surface area (TPSA) is 73.6 Å². The number of benzene rings is 2. The molecule has 0 radical (unpaired) electrons. The Morgan fingerprint density at radius 2 is 1.76 bits per heavy atom. The average Bonchev–Trinajstić information content (AvgIpc) is 3.13. The molecule has 0 spiro atoms. The second-order valence-electron chi connectivity index (χ2n) is 5.11. The van der Waals surface area contributed by atoms with E-state index in [4.69, 9.17) is 25.6 Å². The van der Waals surface area contributed by atoms with Crippen LogP contribution in [0.25, 0.3) is 11.3 Å². The van der Waals surface area contributed by atoms with E-state index < -0.39 is 0 Å². The third kappa shape index (κ3) is 3.75. The van der Waals surface area contributed by atoms with Crippen molar-refractivity contribution in [2.75, 3.05) is 19.5 Å². The van der Waals surface area contributed by atoms with E-state index in [-0.39, 0.29) is 11.6 Å². The largest absolute Gasteiger partial charge is 0.493 e. The molecule has 0 aliphatic heterocycles. The summed E-state index contributed by atoms with van der Waals surface area (Å²) in [5.74, 6) is 1.23. The Balaban J connectivity index is 1.80. The van der Waals surface area contributed by atoms with E-state index in [1.807, 2.05) is 0 Å². The normalized spacial score (nSPS) is 10.4. The van der Waals surface area contributed by atoms with Crippen molar-refractivity contribution in [3.63, 3.8) is 0 Å². The summed E-state index contributed by atoms with van der Waals surface area (Å²) in [5, 5.41) is 7.14. The first-order valence-electron chi connectivity index (χ1n) is 7.36. The zero-order valence-corrected chi connectivity index (χ0v) is 14.3. The maximum absolute atomic E-state index is 12.3. The number of amides is 1. The number of anilines is 1. The van der Waals surface area contributed by atoms with Crippen LogP contribution in [-0.2, 0) is 0 Å². The van der Waals surface area contributed by atoms with Crippen LogP contribution in [0.1, 0.15) is 10.5 Å². The number of nitrogens with one attached hydrogen (secondary N) is 1. The number of halogens is 1. The summed E-state index contributed by atoms with van der Waals surface area (Å²) in [6.45, 7) is 0. The SMILES string of the molecule is COc1ccc(-c2cc(C(=O)Nc3ccc(Cl)cc3)no2)cc1OC. The molecule has 1 aromatic heterocycles. The van der Waals surface area contributed by atoms with Gasteiger partial charge < -0.3 is 19.3 Å². The number of carbonyl (C=O) groups is 1. The molecule has 0 atom stereocenters. The second-order valence-corrected chi connectivity index (χ2v) is 5.54. The number of hydrogen-bond donors (Lipinski definition) is 1. The molecule has 0 aliphatic carbocycles. The van der Waals surface area contributed by atoms with Gasteiger partial charge in [-0.05, 0) is 42.5 Å². The number of aromatic nitrogens is 1. The molecule has 0 unspecified atom stereocenters. The zero-order chi connectivity index (χ0) is 17.8. The molecule has 25 heavy (non-hydrogen) atoms. The van der Waals surface area contributed by atoms with Crippen molar-refractivity contribution in [3.05, 3.63) is 59.2 Å². The summed E-state index contributed by atoms with van der Waals surface area (Å²) >= 11 is 5.82. The van der Waals surface area contributed by atoms with Gasteiger partial charge in [-0.25, -0.2) is 0 Å². The monoisotopic (exact) mass is 358 g/mol. The Morgan fingerprint density at radius 1 is 1.04 bits per heavy atom. The molecule has 1 heterocycles. The quantitative estimate of drug-likeness (QED) is 0.737. The van der Waals surface area contributed by atoms with Crippen molar-refractivity contribution in [2.45, 2.75) is 0 Å². The fourth-order valence-corrected chi connectivity index (χ4v) is 2.36. The summed E-state index contributed by atoms with van der Waals surface area (Å²) in [7, 11) is 3.11. The van der Waals surface area contributed by atoms with E-state index in [0.717, 1.165) is 5.56 Å². The molecule has 0 aliphatic rings. The first kappa shape index (κ1) is 16.9. The van der Waals surface area contributed by atoms with Crippen LogP contribution in [0.3, 0.4) is 0 Å². The molecule has 1 N–H and O–H groups in total. The van der Waals surface area contributed by atoms with Gasteiger partial charge in [0.2, 0.25) is 0 Å². The number of carbonyl (C=O) groups excluding carboxylic acids is 1. The maximum atomic E-state index is 12.3. The number of nitrogens with zero attached hydrogens (tertiary/aromatic N) is 1. The molecular formula is C18H15ClN2O4. The van der Waals surface area contributed by atoms with Gasteiger partial charge >= 0.3 is 0 Å². The number of methoxy groups -OCH3 is 2. The van der Waals surface area contributed by atoms with Gasteiger partial charge in [-0.2, -0.15) is 0 Å². The summed E-state index contributed by atoms with van der Waals surface area (Å²) in [4.78, 5) is 12.3. The highest BCUT2D eigenvalue weighted by atomic mass is 35.5. The Bertz CT molecular complexity index is 890. The van der Waals surface area contributed by atoms with Gasteiger partial charge in [0, 0.05) is 22.3 Å². The third-order valence-corrected chi connectivity index (χ3v) is 3.76. The van der Waals surface area contributed by atoms with Crippen LogP contribution >= 0.6 is 11.6 Å². The van der Waals surface area contributed by atoms with Gasteiger partial charge in [0.1, 0.15) is 0 Å². The van der Waals surface area contributed by atoms with E-state index in [1.165, 1.54) is 0 Å². The van der Waals surface area contributed by atoms with Crippen LogP contribution in [0.4, 0.5) is 5.69 Å². The summed E-state index contributed by atoms with van der Waals surface area (Å²) in [5.41, 5.74) is 1.50. The fraction of sp³-hybridized carbons (Fsp3) is 0.111. The summed E-state index contributed by atoms with van der Waals surface area (Å²) in [6, 6.07) is 13.6. The molecule has 3 rings (SSSR count). The van der Waals surface area contributed by atoms with Crippen molar-refractivity contribution in [3.8, 4) is 22.8 Å².